The molecule has 15 heavy (non-hydrogen) atoms. The number of nitrogens with zero attached hydrogens (tertiary/aromatic N) is 1. The first kappa shape index (κ1) is 10.1. The van der Waals surface area contributed by atoms with Crippen LogP contribution in [0.1, 0.15) is 9.75 Å². The van der Waals surface area contributed by atoms with Crippen LogP contribution in [-0.2, 0) is 0 Å². The second-order valence-corrected chi connectivity index (χ2v) is 4.70. The average Bonchev–Trinajstić information content (AvgIpc) is 2.86. The quantitative estimate of drug-likeness (QED) is 0.600. The van der Waals surface area contributed by atoms with Crippen molar-refractivity contribution in [3.8, 4) is 0 Å². The van der Waals surface area contributed by atoms with E-state index in [9.17, 15) is 10.1 Å². The molecule has 0 saturated carbocycles. The van der Waals surface area contributed by atoms with Crippen LogP contribution in [0.15, 0.2) is 29.0 Å². The molecule has 2 aromatic rings. The minimum atomic E-state index is -0.357. The molecule has 0 unspecified atom stereocenters. The highest BCUT2D eigenvalue weighted by Gasteiger charge is 2.11. The highest BCUT2D eigenvalue weighted by Crippen LogP contribution is 2.26. The highest BCUT2D eigenvalue weighted by molar-refractivity contribution is 7.12. The number of rotatable bonds is 3. The molecule has 2 heterocycles. The lowest BCUT2D eigenvalue weighted by Crippen LogP contribution is -1.85. The average molecular weight is 237 g/mol. The van der Waals surface area contributed by atoms with Crippen LogP contribution in [-0.4, -0.2) is 4.92 Å². The Bertz CT molecular complexity index is 485. The van der Waals surface area contributed by atoms with Crippen molar-refractivity contribution < 1.29 is 4.92 Å². The van der Waals surface area contributed by atoms with E-state index < -0.39 is 0 Å². The molecule has 0 aliphatic heterocycles. The van der Waals surface area contributed by atoms with Crippen molar-refractivity contribution in [2.45, 2.75) is 0 Å². The maximum atomic E-state index is 10.6. The monoisotopic (exact) mass is 237 g/mol. The van der Waals surface area contributed by atoms with Crippen molar-refractivity contribution in [2.24, 2.45) is 0 Å². The van der Waals surface area contributed by atoms with Crippen LogP contribution in [0.3, 0.4) is 0 Å². The van der Waals surface area contributed by atoms with E-state index in [0.717, 1.165) is 4.88 Å². The topological polar surface area (TPSA) is 43.1 Å². The van der Waals surface area contributed by atoms with E-state index >= 15 is 0 Å². The summed E-state index contributed by atoms with van der Waals surface area (Å²) in [5.41, 5.74) is 0.174. The predicted octanol–water partition coefficient (Wildman–Crippen LogP) is 3.89. The van der Waals surface area contributed by atoms with Gasteiger partial charge in [0.2, 0.25) is 0 Å². The number of nitro groups is 1. The van der Waals surface area contributed by atoms with Gasteiger partial charge in [-0.1, -0.05) is 6.07 Å². The lowest BCUT2D eigenvalue weighted by atomic mass is 10.3. The van der Waals surface area contributed by atoms with Crippen LogP contribution in [0.2, 0.25) is 0 Å². The summed E-state index contributed by atoms with van der Waals surface area (Å²) >= 11 is 2.98. The van der Waals surface area contributed by atoms with Gasteiger partial charge in [-0.05, 0) is 29.0 Å². The first-order valence-corrected chi connectivity index (χ1v) is 5.97. The Labute approximate surface area is 94.5 Å². The minimum Gasteiger partial charge on any atom is -0.258 e. The molecule has 0 saturated heterocycles. The maximum Gasteiger partial charge on any atom is 0.287 e. The lowest BCUT2D eigenvalue weighted by molar-refractivity contribution is -0.384. The molecule has 0 aliphatic rings. The summed E-state index contributed by atoms with van der Waals surface area (Å²) in [6.45, 7) is 0. The number of hydrogen-bond acceptors (Lipinski definition) is 4. The molecule has 76 valence electrons. The van der Waals surface area contributed by atoms with Crippen LogP contribution in [0, 0.1) is 10.1 Å². The van der Waals surface area contributed by atoms with Gasteiger partial charge in [0.15, 0.2) is 0 Å². The van der Waals surface area contributed by atoms with Crippen molar-refractivity contribution in [1.82, 2.24) is 0 Å². The van der Waals surface area contributed by atoms with Crippen molar-refractivity contribution in [2.75, 3.05) is 0 Å². The van der Waals surface area contributed by atoms with E-state index in [-0.39, 0.29) is 10.6 Å². The van der Waals surface area contributed by atoms with Gasteiger partial charge < -0.3 is 0 Å². The summed E-state index contributed by atoms with van der Waals surface area (Å²) in [7, 11) is 0. The predicted molar refractivity (Wildman–Crippen MR) is 64.2 cm³/mol. The van der Waals surface area contributed by atoms with Gasteiger partial charge in [-0.2, -0.15) is 0 Å². The van der Waals surface area contributed by atoms with Gasteiger partial charge in [0.05, 0.1) is 4.92 Å². The molecule has 0 aromatic carbocycles. The van der Waals surface area contributed by atoms with E-state index in [2.05, 4.69) is 0 Å². The molecule has 2 aromatic heterocycles. The second-order valence-electron chi connectivity index (χ2n) is 2.78. The Kier molecular flexibility index (Phi) is 2.94. The number of hydrogen-bond donors (Lipinski definition) is 0. The minimum absolute atomic E-state index is 0.174. The van der Waals surface area contributed by atoms with Crippen LogP contribution in [0.5, 0.6) is 0 Å². The van der Waals surface area contributed by atoms with Crippen molar-refractivity contribution in [1.29, 1.82) is 0 Å². The normalized spacial score (nSPS) is 10.9. The maximum absolute atomic E-state index is 10.6. The zero-order chi connectivity index (χ0) is 10.7. The molecule has 0 aliphatic carbocycles. The third-order valence-electron chi connectivity index (χ3n) is 1.81. The molecule has 0 spiro atoms. The van der Waals surface area contributed by atoms with E-state index in [0.29, 0.717) is 4.88 Å². The van der Waals surface area contributed by atoms with Gasteiger partial charge >= 0.3 is 0 Å². The summed E-state index contributed by atoms with van der Waals surface area (Å²) in [6, 6.07) is 5.45. The van der Waals surface area contributed by atoms with Crippen LogP contribution in [0.4, 0.5) is 5.69 Å². The summed E-state index contributed by atoms with van der Waals surface area (Å²) < 4.78 is 0. The lowest BCUT2D eigenvalue weighted by Gasteiger charge is -1.88. The Morgan fingerprint density at radius 2 is 2.07 bits per heavy atom. The van der Waals surface area contributed by atoms with Gasteiger partial charge in [0, 0.05) is 10.9 Å². The summed E-state index contributed by atoms with van der Waals surface area (Å²) in [5, 5.41) is 14.3. The molecular weight excluding hydrogens is 230 g/mol. The summed E-state index contributed by atoms with van der Waals surface area (Å²) in [4.78, 5) is 12.1. The molecule has 0 atom stereocenters. The number of thiophene rings is 2. The SMILES string of the molecule is O=[N+]([O-])c1ccsc1C=Cc1cccs1. The Balaban J connectivity index is 2.24. The molecule has 5 heteroatoms. The van der Waals surface area contributed by atoms with Gasteiger partial charge in [-0.15, -0.1) is 22.7 Å². The van der Waals surface area contributed by atoms with Crippen molar-refractivity contribution >= 4 is 40.5 Å². The largest absolute Gasteiger partial charge is 0.287 e. The third-order valence-corrected chi connectivity index (χ3v) is 3.52. The molecule has 0 fully saturated rings. The Hall–Kier alpha value is -1.46. The summed E-state index contributed by atoms with van der Waals surface area (Å²) in [5.74, 6) is 0. The fraction of sp³-hybridized carbons (Fsp3) is 0. The van der Waals surface area contributed by atoms with E-state index in [1.165, 1.54) is 17.4 Å². The van der Waals surface area contributed by atoms with Crippen LogP contribution in [0.25, 0.3) is 12.2 Å². The van der Waals surface area contributed by atoms with Crippen molar-refractivity contribution in [3.63, 3.8) is 0 Å². The molecule has 0 radical (unpaired) electrons. The zero-order valence-electron chi connectivity index (χ0n) is 7.62. The fourth-order valence-electron chi connectivity index (χ4n) is 1.13. The highest BCUT2D eigenvalue weighted by atomic mass is 32.1. The van der Waals surface area contributed by atoms with Gasteiger partial charge in [0.1, 0.15) is 4.88 Å². The standard InChI is InChI=1S/C10H7NO2S2/c12-11(13)9-5-7-15-10(9)4-3-8-2-1-6-14-8/h1-7H. The van der Waals surface area contributed by atoms with Crippen molar-refractivity contribution in [3.05, 3.63) is 48.8 Å². The molecular formula is C10H7NO2S2. The smallest absolute Gasteiger partial charge is 0.258 e. The van der Waals surface area contributed by atoms with Gasteiger partial charge in [-0.25, -0.2) is 0 Å². The zero-order valence-corrected chi connectivity index (χ0v) is 9.25. The Morgan fingerprint density at radius 1 is 1.20 bits per heavy atom. The van der Waals surface area contributed by atoms with Gasteiger partial charge in [-0.3, -0.25) is 10.1 Å². The second kappa shape index (κ2) is 4.37. The third kappa shape index (κ3) is 2.31. The fourth-order valence-corrected chi connectivity index (χ4v) is 2.51. The van der Waals surface area contributed by atoms with E-state index in [4.69, 9.17) is 0 Å². The molecule has 0 amide bonds. The van der Waals surface area contributed by atoms with Gasteiger partial charge in [0.25, 0.3) is 5.69 Å². The Morgan fingerprint density at radius 3 is 2.73 bits per heavy atom. The summed E-state index contributed by atoms with van der Waals surface area (Å²) in [6.07, 6.45) is 3.68. The first-order valence-electron chi connectivity index (χ1n) is 4.21. The van der Waals surface area contributed by atoms with Crippen LogP contribution < -0.4 is 0 Å². The first-order chi connectivity index (χ1) is 7.27. The van der Waals surface area contributed by atoms with Crippen LogP contribution >= 0.6 is 22.7 Å². The molecule has 2 rings (SSSR count). The molecule has 3 nitrogen and oxygen atoms in total. The molecule has 0 bridgehead atoms. The van der Waals surface area contributed by atoms with E-state index in [1.807, 2.05) is 23.6 Å². The molecule has 0 N–H and O–H groups in total. The van der Waals surface area contributed by atoms with E-state index in [1.54, 1.807) is 22.8 Å².